The fourth-order valence-corrected chi connectivity index (χ4v) is 5.18. The lowest BCUT2D eigenvalue weighted by molar-refractivity contribution is 0.199. The molecular weight excluding hydrogens is 456 g/mol. The summed E-state index contributed by atoms with van der Waals surface area (Å²) in [4.78, 5) is 15.3. The van der Waals surface area contributed by atoms with Crippen LogP contribution in [0.4, 0.5) is 5.69 Å². The van der Waals surface area contributed by atoms with E-state index in [0.29, 0.717) is 6.42 Å². The molecule has 5 heterocycles. The van der Waals surface area contributed by atoms with Gasteiger partial charge < -0.3 is 15.4 Å². The zero-order valence-corrected chi connectivity index (χ0v) is 20.1. The number of hydrogen-bond donors (Lipinski definition) is 4. The zero-order valence-electron chi connectivity index (χ0n) is 19.3. The topological polar surface area (TPSA) is 103 Å². The summed E-state index contributed by atoms with van der Waals surface area (Å²) in [5.41, 5.74) is 8.00. The van der Waals surface area contributed by atoms with E-state index in [1.807, 2.05) is 25.1 Å². The van der Waals surface area contributed by atoms with Crippen LogP contribution in [-0.2, 0) is 0 Å². The standard InChI is InChI=1S/C27H24N6OS/c1-3-25(34)29-17-11-16(13-28-14-17)20-8-9-22-26(31-20)27(33-32-22)23-12-19-18(5-4-6-21(19)30-23)24-10-7-15(2)35-24/h4-14,25,29-30,34H,3H2,1-2H3,(H,32,33). The second-order valence-electron chi connectivity index (χ2n) is 8.56. The van der Waals surface area contributed by atoms with E-state index in [-0.39, 0.29) is 0 Å². The molecule has 0 aliphatic rings. The van der Waals surface area contributed by atoms with Gasteiger partial charge in [-0.1, -0.05) is 19.1 Å². The van der Waals surface area contributed by atoms with Crippen molar-refractivity contribution in [1.82, 2.24) is 25.1 Å². The van der Waals surface area contributed by atoms with Crippen LogP contribution in [-0.4, -0.2) is 36.5 Å². The molecule has 7 nitrogen and oxygen atoms in total. The van der Waals surface area contributed by atoms with Crippen LogP contribution < -0.4 is 5.32 Å². The van der Waals surface area contributed by atoms with Crippen molar-refractivity contribution in [2.45, 2.75) is 26.5 Å². The second kappa shape index (κ2) is 8.65. The molecule has 0 aliphatic heterocycles. The summed E-state index contributed by atoms with van der Waals surface area (Å²) < 4.78 is 0. The molecule has 0 saturated heterocycles. The maximum atomic E-state index is 9.93. The van der Waals surface area contributed by atoms with E-state index in [1.165, 1.54) is 15.3 Å². The third kappa shape index (κ3) is 3.96. The van der Waals surface area contributed by atoms with Crippen LogP contribution in [0.3, 0.4) is 0 Å². The normalized spacial score (nSPS) is 12.4. The number of H-pyrrole nitrogens is 2. The zero-order chi connectivity index (χ0) is 23.9. The minimum absolute atomic E-state index is 0.602. The number of fused-ring (bicyclic) bond motifs is 2. The quantitative estimate of drug-likeness (QED) is 0.208. The van der Waals surface area contributed by atoms with Crippen molar-refractivity contribution < 1.29 is 5.11 Å². The highest BCUT2D eigenvalue weighted by Gasteiger charge is 2.16. The number of aryl methyl sites for hydroxylation is 1. The minimum Gasteiger partial charge on any atom is -0.374 e. The fraction of sp³-hybridized carbons (Fsp3) is 0.148. The number of aromatic nitrogens is 5. The maximum absolute atomic E-state index is 9.93. The molecule has 174 valence electrons. The van der Waals surface area contributed by atoms with Crippen LogP contribution in [0.5, 0.6) is 0 Å². The molecule has 4 N–H and O–H groups in total. The molecule has 6 rings (SSSR count). The number of nitrogens with zero attached hydrogens (tertiary/aromatic N) is 3. The number of thiophene rings is 1. The summed E-state index contributed by atoms with van der Waals surface area (Å²) in [5, 5.41) is 21.8. The summed E-state index contributed by atoms with van der Waals surface area (Å²) in [6, 6.07) is 18.7. The largest absolute Gasteiger partial charge is 0.374 e. The van der Waals surface area contributed by atoms with E-state index in [0.717, 1.165) is 50.3 Å². The van der Waals surface area contributed by atoms with Crippen molar-refractivity contribution in [3.05, 3.63) is 71.9 Å². The van der Waals surface area contributed by atoms with Crippen LogP contribution in [0.1, 0.15) is 18.2 Å². The Morgan fingerprint density at radius 1 is 1.06 bits per heavy atom. The lowest BCUT2D eigenvalue weighted by Crippen LogP contribution is -2.16. The third-order valence-electron chi connectivity index (χ3n) is 6.09. The monoisotopic (exact) mass is 480 g/mol. The highest BCUT2D eigenvalue weighted by atomic mass is 32.1. The van der Waals surface area contributed by atoms with Gasteiger partial charge in [-0.2, -0.15) is 5.10 Å². The Balaban J connectivity index is 1.42. The molecule has 5 aromatic heterocycles. The Morgan fingerprint density at radius 2 is 1.97 bits per heavy atom. The molecule has 0 aliphatic carbocycles. The molecule has 1 aromatic carbocycles. The molecule has 0 spiro atoms. The number of anilines is 1. The first kappa shape index (κ1) is 21.5. The lowest BCUT2D eigenvalue weighted by atomic mass is 10.1. The fourth-order valence-electron chi connectivity index (χ4n) is 4.28. The van der Waals surface area contributed by atoms with E-state index in [4.69, 9.17) is 4.98 Å². The number of benzene rings is 1. The molecule has 0 fully saturated rings. The first-order valence-corrected chi connectivity index (χ1v) is 12.3. The molecule has 0 amide bonds. The Bertz CT molecular complexity index is 1660. The predicted molar refractivity (Wildman–Crippen MR) is 142 cm³/mol. The van der Waals surface area contributed by atoms with Gasteiger partial charge in [0, 0.05) is 38.0 Å². The maximum Gasteiger partial charge on any atom is 0.135 e. The van der Waals surface area contributed by atoms with E-state index in [1.54, 1.807) is 23.7 Å². The lowest BCUT2D eigenvalue weighted by Gasteiger charge is -2.12. The molecule has 0 bridgehead atoms. The molecule has 0 saturated carbocycles. The van der Waals surface area contributed by atoms with Crippen LogP contribution in [0, 0.1) is 6.92 Å². The average molecular weight is 481 g/mol. The van der Waals surface area contributed by atoms with Gasteiger partial charge in [-0.3, -0.25) is 10.1 Å². The summed E-state index contributed by atoms with van der Waals surface area (Å²) in [7, 11) is 0. The van der Waals surface area contributed by atoms with Crippen molar-refractivity contribution in [1.29, 1.82) is 0 Å². The van der Waals surface area contributed by atoms with Gasteiger partial charge in [0.15, 0.2) is 0 Å². The van der Waals surface area contributed by atoms with Crippen molar-refractivity contribution in [2.75, 3.05) is 5.32 Å². The summed E-state index contributed by atoms with van der Waals surface area (Å²) in [5.74, 6) is 0. The molecule has 1 unspecified atom stereocenters. The molecule has 0 radical (unpaired) electrons. The Kier molecular flexibility index (Phi) is 5.32. The van der Waals surface area contributed by atoms with E-state index < -0.39 is 6.23 Å². The highest BCUT2D eigenvalue weighted by molar-refractivity contribution is 7.15. The van der Waals surface area contributed by atoms with Gasteiger partial charge in [-0.25, -0.2) is 4.98 Å². The van der Waals surface area contributed by atoms with Gasteiger partial charge in [0.1, 0.15) is 17.4 Å². The van der Waals surface area contributed by atoms with Crippen LogP contribution in [0.15, 0.2) is 67.0 Å². The molecule has 8 heteroatoms. The summed E-state index contributed by atoms with van der Waals surface area (Å²) in [6.07, 6.45) is 3.45. The smallest absolute Gasteiger partial charge is 0.135 e. The Morgan fingerprint density at radius 3 is 2.80 bits per heavy atom. The highest BCUT2D eigenvalue weighted by Crippen LogP contribution is 2.36. The minimum atomic E-state index is -0.618. The SMILES string of the molecule is CCC(O)Nc1cncc(-c2ccc3[nH]nc(-c4cc5c(-c6ccc(C)s6)cccc5[nH]4)c3n2)c1. The molecule has 6 aromatic rings. The van der Waals surface area contributed by atoms with Gasteiger partial charge in [-0.05, 0) is 55.8 Å². The van der Waals surface area contributed by atoms with Crippen molar-refractivity contribution >= 4 is 39.0 Å². The second-order valence-corrected chi connectivity index (χ2v) is 9.84. The number of pyridine rings is 2. The number of aliphatic hydroxyl groups excluding tert-OH is 1. The van der Waals surface area contributed by atoms with E-state index in [9.17, 15) is 5.11 Å². The third-order valence-corrected chi connectivity index (χ3v) is 7.12. The van der Waals surface area contributed by atoms with E-state index in [2.05, 4.69) is 68.8 Å². The van der Waals surface area contributed by atoms with Gasteiger partial charge in [0.05, 0.1) is 28.8 Å². The number of aliphatic hydroxyl groups is 1. The van der Waals surface area contributed by atoms with Crippen molar-refractivity contribution in [2.24, 2.45) is 0 Å². The molecule has 35 heavy (non-hydrogen) atoms. The molecule has 1 atom stereocenters. The summed E-state index contributed by atoms with van der Waals surface area (Å²) >= 11 is 1.80. The van der Waals surface area contributed by atoms with Gasteiger partial charge >= 0.3 is 0 Å². The van der Waals surface area contributed by atoms with Crippen molar-refractivity contribution in [3.63, 3.8) is 0 Å². The average Bonchev–Trinajstić information content (AvgIpc) is 3.61. The van der Waals surface area contributed by atoms with Crippen LogP contribution in [0.25, 0.3) is 55.0 Å². The first-order chi connectivity index (χ1) is 17.1. The Hall–Kier alpha value is -4.01. The first-order valence-electron chi connectivity index (χ1n) is 11.5. The Labute approximate surface area is 205 Å². The number of hydrogen-bond acceptors (Lipinski definition) is 6. The van der Waals surface area contributed by atoms with E-state index >= 15 is 0 Å². The number of aromatic amines is 2. The van der Waals surface area contributed by atoms with Gasteiger partial charge in [0.25, 0.3) is 0 Å². The number of nitrogens with one attached hydrogen (secondary N) is 3. The van der Waals surface area contributed by atoms with Crippen LogP contribution in [0.2, 0.25) is 0 Å². The van der Waals surface area contributed by atoms with Gasteiger partial charge in [-0.15, -0.1) is 11.3 Å². The van der Waals surface area contributed by atoms with Crippen molar-refractivity contribution in [3.8, 4) is 33.1 Å². The van der Waals surface area contributed by atoms with Gasteiger partial charge in [0.2, 0.25) is 0 Å². The summed E-state index contributed by atoms with van der Waals surface area (Å²) in [6.45, 7) is 4.04. The van der Waals surface area contributed by atoms with Crippen LogP contribution >= 0.6 is 11.3 Å². The number of rotatable bonds is 6. The molecular formula is C27H24N6OS. The predicted octanol–water partition coefficient (Wildman–Crippen LogP) is 6.35.